The van der Waals surface area contributed by atoms with E-state index in [1.165, 1.54) is 11.1 Å². The van der Waals surface area contributed by atoms with Crippen molar-refractivity contribution >= 4 is 50.3 Å². The molecule has 22 heavy (non-hydrogen) atoms. The molecule has 0 unspecified atom stereocenters. The first kappa shape index (κ1) is 15.5. The second-order valence-corrected chi connectivity index (χ2v) is 7.13. The third kappa shape index (κ3) is 3.05. The predicted octanol–water partition coefficient (Wildman–Crippen LogP) is 3.36. The first-order chi connectivity index (χ1) is 10.6. The smallest absolute Gasteiger partial charge is 0.224 e. The van der Waals surface area contributed by atoms with Gasteiger partial charge in [-0.1, -0.05) is 11.3 Å². The number of thiazole rings is 1. The summed E-state index contributed by atoms with van der Waals surface area (Å²) < 4.78 is 13.9. The number of nitrogens with zero attached hydrogens (tertiary/aromatic N) is 3. The Morgan fingerprint density at radius 3 is 2.86 bits per heavy atom. The van der Waals surface area contributed by atoms with Crippen molar-refractivity contribution in [3.05, 3.63) is 32.1 Å². The monoisotopic (exact) mass is 357 g/mol. The van der Waals surface area contributed by atoms with Gasteiger partial charge in [0.15, 0.2) is 5.13 Å². The molecule has 0 bridgehead atoms. The third-order valence-corrected chi connectivity index (χ3v) is 5.44. The number of thiophene rings is 1. The number of halogens is 2. The van der Waals surface area contributed by atoms with Crippen LogP contribution < -0.4 is 11.1 Å². The minimum atomic E-state index is -0.306. The molecule has 3 rings (SSSR count). The largest absolute Gasteiger partial charge is 0.362 e. The average molecular weight is 358 g/mol. The number of rotatable bonds is 5. The molecule has 9 heteroatoms. The summed E-state index contributed by atoms with van der Waals surface area (Å²) in [5.74, 6) is 0.641. The van der Waals surface area contributed by atoms with E-state index in [9.17, 15) is 4.39 Å². The van der Waals surface area contributed by atoms with Gasteiger partial charge in [-0.05, 0) is 37.1 Å². The third-order valence-electron chi connectivity index (χ3n) is 3.14. The first-order valence-electron chi connectivity index (χ1n) is 6.58. The van der Waals surface area contributed by atoms with Gasteiger partial charge in [-0.3, -0.25) is 0 Å². The summed E-state index contributed by atoms with van der Waals surface area (Å²) in [5, 5.41) is 3.69. The van der Waals surface area contributed by atoms with Crippen molar-refractivity contribution in [1.29, 1.82) is 0 Å². The Morgan fingerprint density at radius 1 is 1.36 bits per heavy atom. The molecule has 5 nitrogen and oxygen atoms in total. The molecule has 0 aliphatic heterocycles. The van der Waals surface area contributed by atoms with Gasteiger partial charge in [0.2, 0.25) is 5.28 Å². The zero-order valence-corrected chi connectivity index (χ0v) is 14.1. The molecule has 3 heterocycles. The highest BCUT2D eigenvalue weighted by Gasteiger charge is 2.15. The number of aryl methyl sites for hydroxylation is 1. The van der Waals surface area contributed by atoms with Crippen molar-refractivity contribution in [1.82, 2.24) is 15.0 Å². The van der Waals surface area contributed by atoms with Gasteiger partial charge in [-0.25, -0.2) is 9.97 Å². The zero-order valence-electron chi connectivity index (χ0n) is 11.7. The maximum atomic E-state index is 13.0. The van der Waals surface area contributed by atoms with Gasteiger partial charge >= 0.3 is 0 Å². The first-order valence-corrected chi connectivity index (χ1v) is 8.59. The summed E-state index contributed by atoms with van der Waals surface area (Å²) in [4.78, 5) is 13.7. The number of hydrogen-bond donors (Lipinski definition) is 2. The molecule has 0 aromatic carbocycles. The molecule has 0 radical (unpaired) electrons. The molecule has 0 atom stereocenters. The Morgan fingerprint density at radius 2 is 2.18 bits per heavy atom. The molecule has 0 aliphatic carbocycles. The summed E-state index contributed by atoms with van der Waals surface area (Å²) in [5.41, 5.74) is 7.56. The number of anilines is 1. The van der Waals surface area contributed by atoms with E-state index in [2.05, 4.69) is 20.3 Å². The van der Waals surface area contributed by atoms with Crippen molar-refractivity contribution in [2.24, 2.45) is 5.73 Å². The van der Waals surface area contributed by atoms with E-state index < -0.39 is 0 Å². The van der Waals surface area contributed by atoms with E-state index in [0.29, 0.717) is 23.9 Å². The van der Waals surface area contributed by atoms with Crippen molar-refractivity contribution in [3.63, 3.8) is 0 Å². The van der Waals surface area contributed by atoms with E-state index in [1.54, 1.807) is 11.3 Å². The minimum absolute atomic E-state index is 0.181. The molecular formula is C13H13ClFN5S2. The van der Waals surface area contributed by atoms with Gasteiger partial charge < -0.3 is 11.1 Å². The highest BCUT2D eigenvalue weighted by Crippen LogP contribution is 2.35. The lowest BCUT2D eigenvalue weighted by atomic mass is 10.2. The van der Waals surface area contributed by atoms with E-state index in [1.807, 2.05) is 6.92 Å². The second kappa shape index (κ2) is 6.41. The van der Waals surface area contributed by atoms with E-state index in [4.69, 9.17) is 17.3 Å². The summed E-state index contributed by atoms with van der Waals surface area (Å²) >= 11 is 8.62. The maximum absolute atomic E-state index is 13.0. The van der Waals surface area contributed by atoms with Gasteiger partial charge in [0.25, 0.3) is 0 Å². The van der Waals surface area contributed by atoms with E-state index >= 15 is 0 Å². The van der Waals surface area contributed by atoms with Gasteiger partial charge in [0, 0.05) is 4.88 Å². The number of nitrogens with two attached hydrogens (primary N) is 1. The molecule has 3 aromatic heterocycles. The maximum Gasteiger partial charge on any atom is 0.224 e. The quantitative estimate of drug-likeness (QED) is 0.685. The lowest BCUT2D eigenvalue weighted by molar-refractivity contribution is 0.653. The molecule has 0 saturated heterocycles. The van der Waals surface area contributed by atoms with Crippen molar-refractivity contribution in [2.75, 3.05) is 11.9 Å². The molecule has 0 amide bonds. The van der Waals surface area contributed by atoms with Gasteiger partial charge in [-0.2, -0.15) is 9.37 Å². The topological polar surface area (TPSA) is 76.7 Å². The average Bonchev–Trinajstić information content (AvgIpc) is 3.03. The Labute approximate surface area is 139 Å². The van der Waals surface area contributed by atoms with Crippen molar-refractivity contribution < 1.29 is 4.39 Å². The predicted molar refractivity (Wildman–Crippen MR) is 89.3 cm³/mol. The van der Waals surface area contributed by atoms with Crippen LogP contribution in [0, 0.1) is 12.1 Å². The van der Waals surface area contributed by atoms with E-state index in [-0.39, 0.29) is 10.4 Å². The molecule has 3 N–H and O–H groups in total. The van der Waals surface area contributed by atoms with Crippen LogP contribution >= 0.6 is 34.3 Å². The van der Waals surface area contributed by atoms with Crippen molar-refractivity contribution in [3.8, 4) is 0 Å². The SMILES string of the molecule is Cc1c(CCN)sc2c(NCc3ncc(F)s3)nc(Cl)nc12. The fraction of sp³-hybridized carbons (Fsp3) is 0.308. The summed E-state index contributed by atoms with van der Waals surface area (Å²) in [6, 6.07) is 0. The van der Waals surface area contributed by atoms with Crippen LogP contribution in [0.5, 0.6) is 0 Å². The number of hydrogen-bond acceptors (Lipinski definition) is 7. The van der Waals surface area contributed by atoms with Gasteiger partial charge in [0.05, 0.1) is 23.0 Å². The zero-order chi connectivity index (χ0) is 15.7. The fourth-order valence-electron chi connectivity index (χ4n) is 2.12. The van der Waals surface area contributed by atoms with Crippen LogP contribution in [0.25, 0.3) is 10.2 Å². The summed E-state index contributed by atoms with van der Waals surface area (Å²) in [6.45, 7) is 2.98. The lowest BCUT2D eigenvalue weighted by Crippen LogP contribution is -2.02. The van der Waals surface area contributed by atoms with Crippen LogP contribution in [-0.4, -0.2) is 21.5 Å². The highest BCUT2D eigenvalue weighted by molar-refractivity contribution is 7.19. The molecule has 0 saturated carbocycles. The molecular weight excluding hydrogens is 345 g/mol. The van der Waals surface area contributed by atoms with E-state index in [0.717, 1.165) is 33.5 Å². The van der Waals surface area contributed by atoms with Crippen molar-refractivity contribution in [2.45, 2.75) is 19.9 Å². The Hall–Kier alpha value is -1.35. The number of aromatic nitrogens is 3. The molecule has 0 fully saturated rings. The molecule has 116 valence electrons. The molecule has 0 spiro atoms. The normalized spacial score (nSPS) is 11.3. The van der Waals surface area contributed by atoms with Crippen LogP contribution in [0.2, 0.25) is 5.28 Å². The minimum Gasteiger partial charge on any atom is -0.362 e. The van der Waals surface area contributed by atoms with Crippen LogP contribution in [0.1, 0.15) is 15.4 Å². The highest BCUT2D eigenvalue weighted by atomic mass is 35.5. The lowest BCUT2D eigenvalue weighted by Gasteiger charge is -2.05. The fourth-order valence-corrected chi connectivity index (χ4v) is 4.10. The van der Waals surface area contributed by atoms with Gasteiger partial charge in [0.1, 0.15) is 10.8 Å². The number of nitrogens with one attached hydrogen (secondary N) is 1. The summed E-state index contributed by atoms with van der Waals surface area (Å²) in [7, 11) is 0. The van der Waals surface area contributed by atoms with Gasteiger partial charge in [-0.15, -0.1) is 11.3 Å². The van der Waals surface area contributed by atoms with Crippen LogP contribution in [0.15, 0.2) is 6.20 Å². The van der Waals surface area contributed by atoms with Crippen LogP contribution in [0.4, 0.5) is 10.2 Å². The van der Waals surface area contributed by atoms with Crippen LogP contribution in [-0.2, 0) is 13.0 Å². The Kier molecular flexibility index (Phi) is 4.53. The molecule has 0 aliphatic rings. The Balaban J connectivity index is 1.95. The second-order valence-electron chi connectivity index (χ2n) is 4.62. The summed E-state index contributed by atoms with van der Waals surface area (Å²) in [6.07, 6.45) is 2.00. The number of fused-ring (bicyclic) bond motifs is 1. The molecule has 3 aromatic rings. The van der Waals surface area contributed by atoms with Crippen LogP contribution in [0.3, 0.4) is 0 Å². The Bertz CT molecular complexity index is 816. The standard InChI is InChI=1S/C13H13ClFN5S2/c1-6-7(2-3-16)21-11-10(6)19-13(14)20-12(11)18-5-9-17-4-8(15)22-9/h4H,2-3,5,16H2,1H3,(H,18,19,20).